The lowest BCUT2D eigenvalue weighted by atomic mass is 9.96. The number of oxime groups is 1. The number of nitrogens with zero attached hydrogens (tertiary/aromatic N) is 1. The van der Waals surface area contributed by atoms with Gasteiger partial charge in [0.15, 0.2) is 0 Å². The first-order valence-electron chi connectivity index (χ1n) is 7.11. The Bertz CT molecular complexity index is 388. The molecule has 0 radical (unpaired) electrons. The summed E-state index contributed by atoms with van der Waals surface area (Å²) in [5.41, 5.74) is 5.93. The standard InChI is InChI=1S/C13H24N4O4/c1-8(13(19)20)17-12(18)11(14)10-3-2-9(6-10)7-15-4-5-16-21/h5,8-11,15,21H,2-4,6-7,14H2,1H3,(H,17,18)(H,19,20)/t8-,9?,10?,11-/m0/s1. The van der Waals surface area contributed by atoms with E-state index in [0.29, 0.717) is 12.5 Å². The van der Waals surface area contributed by atoms with Crippen LogP contribution in [0.5, 0.6) is 0 Å². The van der Waals surface area contributed by atoms with Gasteiger partial charge in [0.05, 0.1) is 12.3 Å². The van der Waals surface area contributed by atoms with Crippen molar-refractivity contribution in [2.45, 2.75) is 38.3 Å². The van der Waals surface area contributed by atoms with E-state index in [1.165, 1.54) is 13.1 Å². The van der Waals surface area contributed by atoms with Crippen LogP contribution in [-0.2, 0) is 9.59 Å². The van der Waals surface area contributed by atoms with E-state index in [0.717, 1.165) is 25.8 Å². The number of amides is 1. The fraction of sp³-hybridized carbons (Fsp3) is 0.769. The molecule has 1 fully saturated rings. The summed E-state index contributed by atoms with van der Waals surface area (Å²) in [5.74, 6) is -0.979. The minimum absolute atomic E-state index is 0.0734. The molecule has 0 aromatic carbocycles. The molecule has 120 valence electrons. The maximum absolute atomic E-state index is 11.9. The van der Waals surface area contributed by atoms with Crippen LogP contribution >= 0.6 is 0 Å². The van der Waals surface area contributed by atoms with Crippen molar-refractivity contribution in [1.82, 2.24) is 10.6 Å². The molecule has 8 nitrogen and oxygen atoms in total. The molecule has 0 bridgehead atoms. The van der Waals surface area contributed by atoms with Crippen molar-refractivity contribution in [3.8, 4) is 0 Å². The lowest BCUT2D eigenvalue weighted by molar-refractivity contribution is -0.141. The van der Waals surface area contributed by atoms with Gasteiger partial charge in [0.25, 0.3) is 0 Å². The molecule has 21 heavy (non-hydrogen) atoms. The number of nitrogens with one attached hydrogen (secondary N) is 2. The Labute approximate surface area is 123 Å². The van der Waals surface area contributed by atoms with E-state index < -0.39 is 24.0 Å². The van der Waals surface area contributed by atoms with Gasteiger partial charge in [-0.25, -0.2) is 0 Å². The molecule has 1 aliphatic rings. The second kappa shape index (κ2) is 8.58. The van der Waals surface area contributed by atoms with E-state index in [-0.39, 0.29) is 5.92 Å². The zero-order valence-corrected chi connectivity index (χ0v) is 12.2. The van der Waals surface area contributed by atoms with Crippen LogP contribution in [-0.4, -0.2) is 53.6 Å². The first-order valence-corrected chi connectivity index (χ1v) is 7.11. The molecule has 2 unspecified atom stereocenters. The van der Waals surface area contributed by atoms with Crippen LogP contribution in [0.4, 0.5) is 0 Å². The number of hydrogen-bond acceptors (Lipinski definition) is 6. The molecular formula is C13H24N4O4. The smallest absolute Gasteiger partial charge is 0.325 e. The second-order valence-corrected chi connectivity index (χ2v) is 5.49. The van der Waals surface area contributed by atoms with Gasteiger partial charge < -0.3 is 26.7 Å². The summed E-state index contributed by atoms with van der Waals surface area (Å²) in [6.07, 6.45) is 4.04. The molecule has 0 heterocycles. The van der Waals surface area contributed by atoms with Crippen molar-refractivity contribution in [3.05, 3.63) is 0 Å². The maximum Gasteiger partial charge on any atom is 0.325 e. The summed E-state index contributed by atoms with van der Waals surface area (Å²) < 4.78 is 0. The van der Waals surface area contributed by atoms with Gasteiger partial charge in [-0.05, 0) is 44.6 Å². The summed E-state index contributed by atoms with van der Waals surface area (Å²) in [4.78, 5) is 22.6. The summed E-state index contributed by atoms with van der Waals surface area (Å²) in [6, 6.07) is -1.60. The number of rotatable bonds is 8. The summed E-state index contributed by atoms with van der Waals surface area (Å²) >= 11 is 0. The Hall–Kier alpha value is -1.67. The summed E-state index contributed by atoms with van der Waals surface area (Å²) in [6.45, 7) is 2.69. The highest BCUT2D eigenvalue weighted by molar-refractivity contribution is 5.86. The Morgan fingerprint density at radius 3 is 2.81 bits per heavy atom. The highest BCUT2D eigenvalue weighted by atomic mass is 16.4. The lowest BCUT2D eigenvalue weighted by Gasteiger charge is -2.20. The molecule has 1 rings (SSSR count). The molecule has 6 N–H and O–H groups in total. The average molecular weight is 300 g/mol. The third-order valence-electron chi connectivity index (χ3n) is 3.87. The molecule has 0 aromatic heterocycles. The fourth-order valence-electron chi connectivity index (χ4n) is 2.60. The highest BCUT2D eigenvalue weighted by Crippen LogP contribution is 2.32. The molecule has 1 aliphatic carbocycles. The van der Waals surface area contributed by atoms with Gasteiger partial charge in [0.1, 0.15) is 6.04 Å². The van der Waals surface area contributed by atoms with Gasteiger partial charge in [-0.1, -0.05) is 0 Å². The molecule has 0 aromatic rings. The molecule has 1 amide bonds. The van der Waals surface area contributed by atoms with Crippen LogP contribution in [0, 0.1) is 11.8 Å². The lowest BCUT2D eigenvalue weighted by Crippen LogP contribution is -2.49. The first kappa shape index (κ1) is 17.4. The zero-order valence-electron chi connectivity index (χ0n) is 12.2. The largest absolute Gasteiger partial charge is 0.480 e. The number of carbonyl (C=O) groups excluding carboxylic acids is 1. The number of carbonyl (C=O) groups is 2. The van der Waals surface area contributed by atoms with E-state index in [4.69, 9.17) is 16.0 Å². The SMILES string of the molecule is C[C@H](NC(=O)[C@@H](N)C1CCC(CNCC=NO)C1)C(=O)O. The van der Waals surface area contributed by atoms with Crippen molar-refractivity contribution in [2.24, 2.45) is 22.7 Å². The molecule has 0 saturated heterocycles. The normalized spacial score (nSPS) is 24.9. The van der Waals surface area contributed by atoms with E-state index in [2.05, 4.69) is 15.8 Å². The number of aliphatic carboxylic acids is 1. The third kappa shape index (κ3) is 5.68. The predicted molar refractivity (Wildman–Crippen MR) is 77.2 cm³/mol. The fourth-order valence-corrected chi connectivity index (χ4v) is 2.60. The maximum atomic E-state index is 11.9. The van der Waals surface area contributed by atoms with E-state index in [1.54, 1.807) is 0 Å². The van der Waals surface area contributed by atoms with Gasteiger partial charge >= 0.3 is 5.97 Å². The second-order valence-electron chi connectivity index (χ2n) is 5.49. The van der Waals surface area contributed by atoms with Crippen LogP contribution in [0.2, 0.25) is 0 Å². The number of carboxylic acids is 1. The predicted octanol–water partition coefficient (Wildman–Crippen LogP) is -0.631. The zero-order chi connectivity index (χ0) is 15.8. The van der Waals surface area contributed by atoms with Gasteiger partial charge in [-0.2, -0.15) is 0 Å². The van der Waals surface area contributed by atoms with Crippen LogP contribution in [0.25, 0.3) is 0 Å². The van der Waals surface area contributed by atoms with Crippen molar-refractivity contribution < 1.29 is 19.9 Å². The van der Waals surface area contributed by atoms with Crippen LogP contribution < -0.4 is 16.4 Å². The molecular weight excluding hydrogens is 276 g/mol. The quantitative estimate of drug-likeness (QED) is 0.175. The van der Waals surface area contributed by atoms with Crippen molar-refractivity contribution in [3.63, 3.8) is 0 Å². The average Bonchev–Trinajstić information content (AvgIpc) is 2.91. The summed E-state index contributed by atoms with van der Waals surface area (Å²) in [5, 5.41) is 25.5. The Balaban J connectivity index is 2.34. The van der Waals surface area contributed by atoms with Gasteiger partial charge in [0, 0.05) is 6.54 Å². The minimum atomic E-state index is -1.07. The summed E-state index contributed by atoms with van der Waals surface area (Å²) in [7, 11) is 0. The molecule has 0 aliphatic heterocycles. The monoisotopic (exact) mass is 300 g/mol. The topological polar surface area (TPSA) is 137 Å². The number of carboxylic acid groups (broad SMARTS) is 1. The molecule has 0 spiro atoms. The van der Waals surface area contributed by atoms with Crippen LogP contribution in [0.15, 0.2) is 5.16 Å². The van der Waals surface area contributed by atoms with Gasteiger partial charge in [-0.15, -0.1) is 5.16 Å². The van der Waals surface area contributed by atoms with Crippen molar-refractivity contribution in [2.75, 3.05) is 13.1 Å². The Kier molecular flexibility index (Phi) is 7.10. The van der Waals surface area contributed by atoms with Gasteiger partial charge in [-0.3, -0.25) is 9.59 Å². The third-order valence-corrected chi connectivity index (χ3v) is 3.87. The van der Waals surface area contributed by atoms with E-state index in [1.807, 2.05) is 0 Å². The van der Waals surface area contributed by atoms with Crippen LogP contribution in [0.3, 0.4) is 0 Å². The van der Waals surface area contributed by atoms with Crippen LogP contribution in [0.1, 0.15) is 26.2 Å². The van der Waals surface area contributed by atoms with Gasteiger partial charge in [0.2, 0.25) is 5.91 Å². The highest BCUT2D eigenvalue weighted by Gasteiger charge is 2.33. The van der Waals surface area contributed by atoms with Crippen molar-refractivity contribution in [1.29, 1.82) is 0 Å². The van der Waals surface area contributed by atoms with E-state index in [9.17, 15) is 9.59 Å². The number of nitrogens with two attached hydrogens (primary N) is 1. The number of hydrogen-bond donors (Lipinski definition) is 5. The molecule has 8 heteroatoms. The van der Waals surface area contributed by atoms with E-state index >= 15 is 0 Å². The molecule has 1 saturated carbocycles. The Morgan fingerprint density at radius 2 is 2.19 bits per heavy atom. The van der Waals surface area contributed by atoms with Crippen molar-refractivity contribution >= 4 is 18.1 Å². The first-order chi connectivity index (χ1) is 9.95. The molecule has 4 atom stereocenters. The Morgan fingerprint density at radius 1 is 1.48 bits per heavy atom. The minimum Gasteiger partial charge on any atom is -0.480 e.